The fourth-order valence-electron chi connectivity index (χ4n) is 2.17. The zero-order valence-electron chi connectivity index (χ0n) is 12.8. The molecule has 7 heteroatoms. The van der Waals surface area contributed by atoms with Crippen molar-refractivity contribution in [3.05, 3.63) is 28.0 Å². The summed E-state index contributed by atoms with van der Waals surface area (Å²) in [6.45, 7) is 6.07. The Morgan fingerprint density at radius 1 is 1.38 bits per heavy atom. The maximum atomic E-state index is 14.5. The predicted molar refractivity (Wildman–Crippen MR) is 86.2 cm³/mol. The third kappa shape index (κ3) is 4.03. The van der Waals surface area contributed by atoms with E-state index in [0.29, 0.717) is 23.0 Å². The van der Waals surface area contributed by atoms with E-state index in [9.17, 15) is 12.8 Å². The molecule has 21 heavy (non-hydrogen) atoms. The lowest BCUT2D eigenvalue weighted by molar-refractivity contribution is 0.340. The Kier molecular flexibility index (Phi) is 6.77. The number of nitrogens with one attached hydrogen (secondary N) is 1. The highest BCUT2D eigenvalue weighted by Gasteiger charge is 2.30. The van der Waals surface area contributed by atoms with Crippen LogP contribution in [0.25, 0.3) is 0 Å². The van der Waals surface area contributed by atoms with Crippen molar-refractivity contribution < 1.29 is 12.8 Å². The highest BCUT2D eigenvalue weighted by atomic mass is 79.9. The molecule has 1 aromatic rings. The minimum absolute atomic E-state index is 0.175. The van der Waals surface area contributed by atoms with Crippen molar-refractivity contribution in [2.45, 2.75) is 44.7 Å². The molecular weight excluding hydrogens is 359 g/mol. The third-order valence-corrected chi connectivity index (χ3v) is 5.97. The molecule has 0 heterocycles. The second-order valence-electron chi connectivity index (χ2n) is 4.87. The first-order valence-electron chi connectivity index (χ1n) is 6.93. The summed E-state index contributed by atoms with van der Waals surface area (Å²) in [7, 11) is -2.17. The monoisotopic (exact) mass is 380 g/mol. The van der Waals surface area contributed by atoms with Crippen LogP contribution in [0.15, 0.2) is 21.5 Å². The Morgan fingerprint density at radius 2 is 2.00 bits per heavy atom. The van der Waals surface area contributed by atoms with E-state index in [1.54, 1.807) is 20.0 Å². The van der Waals surface area contributed by atoms with E-state index in [1.807, 2.05) is 13.8 Å². The van der Waals surface area contributed by atoms with Crippen molar-refractivity contribution in [3.63, 3.8) is 0 Å². The second kappa shape index (κ2) is 7.67. The number of benzene rings is 1. The molecule has 1 unspecified atom stereocenters. The van der Waals surface area contributed by atoms with Gasteiger partial charge in [-0.3, -0.25) is 0 Å². The topological polar surface area (TPSA) is 49.4 Å². The number of sulfonamides is 1. The molecule has 1 N–H and O–H groups in total. The van der Waals surface area contributed by atoms with Crippen molar-refractivity contribution in [3.8, 4) is 0 Å². The van der Waals surface area contributed by atoms with Crippen LogP contribution >= 0.6 is 15.9 Å². The molecule has 0 fully saturated rings. The van der Waals surface area contributed by atoms with Gasteiger partial charge in [0.15, 0.2) is 0 Å². The Bertz CT molecular complexity index is 593. The molecule has 0 amide bonds. The van der Waals surface area contributed by atoms with Crippen molar-refractivity contribution in [2.24, 2.45) is 0 Å². The SMILES string of the molecule is CCC(C)N(CC)S(=O)(=O)c1cc(Br)cc(CNC)c1F. The van der Waals surface area contributed by atoms with Crippen LogP contribution < -0.4 is 5.32 Å². The Labute approximate surface area is 134 Å². The molecule has 0 spiro atoms. The second-order valence-corrected chi connectivity index (χ2v) is 7.65. The van der Waals surface area contributed by atoms with Crippen molar-refractivity contribution in [1.29, 1.82) is 0 Å². The number of hydrogen-bond acceptors (Lipinski definition) is 3. The van der Waals surface area contributed by atoms with Gasteiger partial charge < -0.3 is 5.32 Å². The third-order valence-electron chi connectivity index (χ3n) is 3.43. The number of nitrogens with zero attached hydrogens (tertiary/aromatic N) is 1. The van der Waals surface area contributed by atoms with Crippen LogP contribution in [0.1, 0.15) is 32.8 Å². The molecule has 0 radical (unpaired) electrons. The minimum Gasteiger partial charge on any atom is -0.316 e. The van der Waals surface area contributed by atoms with Crippen LogP contribution in [0.5, 0.6) is 0 Å². The van der Waals surface area contributed by atoms with Crippen LogP contribution in [0.2, 0.25) is 0 Å². The first kappa shape index (κ1) is 18.5. The first-order chi connectivity index (χ1) is 9.79. The van der Waals surface area contributed by atoms with Crippen molar-refractivity contribution >= 4 is 26.0 Å². The van der Waals surface area contributed by atoms with Gasteiger partial charge in [0.1, 0.15) is 10.7 Å². The summed E-state index contributed by atoms with van der Waals surface area (Å²) in [5.41, 5.74) is 0.325. The van der Waals surface area contributed by atoms with Gasteiger partial charge in [0, 0.05) is 29.2 Å². The smallest absolute Gasteiger partial charge is 0.246 e. The molecule has 0 aliphatic rings. The lowest BCUT2D eigenvalue weighted by atomic mass is 10.2. The molecule has 0 bridgehead atoms. The van der Waals surface area contributed by atoms with Gasteiger partial charge in [-0.1, -0.05) is 29.8 Å². The Hall–Kier alpha value is -0.500. The minimum atomic E-state index is -3.86. The summed E-state index contributed by atoms with van der Waals surface area (Å²) < 4.78 is 41.9. The summed E-state index contributed by atoms with van der Waals surface area (Å²) in [4.78, 5) is -0.274. The zero-order valence-corrected chi connectivity index (χ0v) is 15.2. The van der Waals surface area contributed by atoms with Crippen LogP contribution in [0.4, 0.5) is 4.39 Å². The summed E-state index contributed by atoms with van der Waals surface area (Å²) in [5.74, 6) is -0.686. The fraction of sp³-hybridized carbons (Fsp3) is 0.571. The van der Waals surface area contributed by atoms with Crippen molar-refractivity contribution in [1.82, 2.24) is 9.62 Å². The molecule has 1 rings (SSSR count). The maximum Gasteiger partial charge on any atom is 0.246 e. The first-order valence-corrected chi connectivity index (χ1v) is 9.17. The number of halogens is 2. The van der Waals surface area contributed by atoms with E-state index in [4.69, 9.17) is 0 Å². The van der Waals surface area contributed by atoms with Gasteiger partial charge >= 0.3 is 0 Å². The summed E-state index contributed by atoms with van der Waals surface area (Å²) in [6, 6.07) is 2.74. The lowest BCUT2D eigenvalue weighted by Crippen LogP contribution is -2.38. The normalized spacial score (nSPS) is 13.7. The highest BCUT2D eigenvalue weighted by Crippen LogP contribution is 2.28. The van der Waals surface area contributed by atoms with Gasteiger partial charge in [0.2, 0.25) is 10.0 Å². The molecule has 1 aromatic carbocycles. The van der Waals surface area contributed by atoms with E-state index in [2.05, 4.69) is 21.2 Å². The number of rotatable bonds is 7. The zero-order chi connectivity index (χ0) is 16.2. The van der Waals surface area contributed by atoms with Gasteiger partial charge in [-0.2, -0.15) is 4.31 Å². The largest absolute Gasteiger partial charge is 0.316 e. The van der Waals surface area contributed by atoms with Gasteiger partial charge in [-0.25, -0.2) is 12.8 Å². The molecule has 0 saturated carbocycles. The van der Waals surface area contributed by atoms with Gasteiger partial charge in [0.25, 0.3) is 0 Å². The van der Waals surface area contributed by atoms with Crippen LogP contribution in [-0.2, 0) is 16.6 Å². The maximum absolute atomic E-state index is 14.5. The van der Waals surface area contributed by atoms with E-state index >= 15 is 0 Å². The molecule has 1 atom stereocenters. The molecule has 0 aromatic heterocycles. The van der Waals surface area contributed by atoms with Crippen LogP contribution in [0.3, 0.4) is 0 Å². The lowest BCUT2D eigenvalue weighted by Gasteiger charge is -2.27. The average Bonchev–Trinajstić information content (AvgIpc) is 2.42. The van der Waals surface area contributed by atoms with E-state index in [0.717, 1.165) is 0 Å². The van der Waals surface area contributed by atoms with Gasteiger partial charge in [0.05, 0.1) is 0 Å². The van der Waals surface area contributed by atoms with Gasteiger partial charge in [-0.05, 0) is 32.5 Å². The van der Waals surface area contributed by atoms with Crippen LogP contribution in [-0.4, -0.2) is 32.4 Å². The standard InChI is InChI=1S/C14H22BrFN2O2S/c1-5-10(3)18(6-2)21(19,20)13-8-12(15)7-11(9-17-4)14(13)16/h7-8,10,17H,5-6,9H2,1-4H3. The van der Waals surface area contributed by atoms with Crippen LogP contribution in [0, 0.1) is 5.82 Å². The Morgan fingerprint density at radius 3 is 2.48 bits per heavy atom. The molecule has 4 nitrogen and oxygen atoms in total. The Balaban J connectivity index is 3.43. The van der Waals surface area contributed by atoms with Gasteiger partial charge in [-0.15, -0.1) is 0 Å². The molecule has 0 aliphatic carbocycles. The predicted octanol–water partition coefficient (Wildman–Crippen LogP) is 3.12. The average molecular weight is 381 g/mol. The van der Waals surface area contributed by atoms with E-state index < -0.39 is 15.8 Å². The fourth-order valence-corrected chi connectivity index (χ4v) is 4.68. The number of hydrogen-bond donors (Lipinski definition) is 1. The highest BCUT2D eigenvalue weighted by molar-refractivity contribution is 9.10. The summed E-state index contributed by atoms with van der Waals surface area (Å²) in [5, 5.41) is 2.84. The molecule has 0 aliphatic heterocycles. The van der Waals surface area contributed by atoms with E-state index in [-0.39, 0.29) is 17.5 Å². The van der Waals surface area contributed by atoms with Crippen molar-refractivity contribution in [2.75, 3.05) is 13.6 Å². The summed E-state index contributed by atoms with van der Waals surface area (Å²) in [6.07, 6.45) is 0.673. The molecular formula is C14H22BrFN2O2S. The quantitative estimate of drug-likeness (QED) is 0.790. The molecule has 120 valence electrons. The molecule has 0 saturated heterocycles. The van der Waals surface area contributed by atoms with E-state index in [1.165, 1.54) is 10.4 Å². The summed E-state index contributed by atoms with van der Waals surface area (Å²) >= 11 is 3.26.